The lowest BCUT2D eigenvalue weighted by Crippen LogP contribution is -2.33. The fraction of sp³-hybridized carbons (Fsp3) is 0.625. The monoisotopic (exact) mass is 247 g/mol. The maximum Gasteiger partial charge on any atom is 0.126 e. The van der Waals surface area contributed by atoms with E-state index in [0.29, 0.717) is 0 Å². The normalized spacial score (nSPS) is 18.1. The van der Waals surface area contributed by atoms with Crippen molar-refractivity contribution in [1.82, 2.24) is 0 Å². The molecule has 1 aliphatic rings. The van der Waals surface area contributed by atoms with Crippen LogP contribution in [0, 0.1) is 20.8 Å². The summed E-state index contributed by atoms with van der Waals surface area (Å²) in [7, 11) is 1.78. The molecule has 0 aliphatic heterocycles. The Balaban J connectivity index is 2.65. The van der Waals surface area contributed by atoms with Crippen molar-refractivity contribution in [2.75, 3.05) is 13.7 Å². The Bertz CT molecular complexity index is 445. The van der Waals surface area contributed by atoms with Crippen LogP contribution in [0.2, 0.25) is 0 Å². The number of methoxy groups -OCH3 is 1. The van der Waals surface area contributed by atoms with Crippen molar-refractivity contribution in [3.05, 3.63) is 28.3 Å². The summed E-state index contributed by atoms with van der Waals surface area (Å²) in [4.78, 5) is 0. The number of nitrogens with two attached hydrogens (primary N) is 1. The van der Waals surface area contributed by atoms with Crippen LogP contribution in [-0.2, 0) is 5.41 Å². The van der Waals surface area contributed by atoms with Crippen LogP contribution in [0.25, 0.3) is 0 Å². The number of hydrogen-bond acceptors (Lipinski definition) is 2. The number of ether oxygens (including phenoxy) is 1. The van der Waals surface area contributed by atoms with Crippen molar-refractivity contribution >= 4 is 0 Å². The first-order valence-electron chi connectivity index (χ1n) is 6.91. The SMILES string of the molecule is COc1c(C)c(C)cc(C)c1C1(CN)CCCC1. The van der Waals surface area contributed by atoms with E-state index in [4.69, 9.17) is 10.5 Å². The first kappa shape index (κ1) is 13.4. The van der Waals surface area contributed by atoms with Gasteiger partial charge >= 0.3 is 0 Å². The highest BCUT2D eigenvalue weighted by molar-refractivity contribution is 5.53. The molecule has 0 unspecified atom stereocenters. The zero-order valence-corrected chi connectivity index (χ0v) is 12.1. The van der Waals surface area contributed by atoms with E-state index >= 15 is 0 Å². The van der Waals surface area contributed by atoms with E-state index in [0.717, 1.165) is 12.3 Å². The Kier molecular flexibility index (Phi) is 3.67. The van der Waals surface area contributed by atoms with Gasteiger partial charge in [-0.1, -0.05) is 18.9 Å². The van der Waals surface area contributed by atoms with E-state index in [1.54, 1.807) is 7.11 Å². The first-order chi connectivity index (χ1) is 8.55. The number of benzene rings is 1. The van der Waals surface area contributed by atoms with Crippen molar-refractivity contribution in [1.29, 1.82) is 0 Å². The zero-order valence-electron chi connectivity index (χ0n) is 12.1. The van der Waals surface area contributed by atoms with E-state index in [9.17, 15) is 0 Å². The lowest BCUT2D eigenvalue weighted by Gasteiger charge is -2.32. The largest absolute Gasteiger partial charge is 0.496 e. The van der Waals surface area contributed by atoms with Gasteiger partial charge < -0.3 is 10.5 Å². The fourth-order valence-corrected chi connectivity index (χ4v) is 3.57. The standard InChI is InChI=1S/C16H25NO/c1-11-9-12(2)14(15(18-4)13(11)3)16(10-17)7-5-6-8-16/h9H,5-8,10,17H2,1-4H3. The number of hydrogen-bond donors (Lipinski definition) is 1. The Morgan fingerprint density at radius 1 is 1.17 bits per heavy atom. The summed E-state index contributed by atoms with van der Waals surface area (Å²) in [6, 6.07) is 2.28. The van der Waals surface area contributed by atoms with Crippen LogP contribution in [0.5, 0.6) is 5.75 Å². The third kappa shape index (κ3) is 1.93. The molecule has 0 atom stereocenters. The Hall–Kier alpha value is -1.02. The van der Waals surface area contributed by atoms with Gasteiger partial charge in [-0.15, -0.1) is 0 Å². The van der Waals surface area contributed by atoms with Crippen molar-refractivity contribution in [3.8, 4) is 5.75 Å². The summed E-state index contributed by atoms with van der Waals surface area (Å²) in [5.41, 5.74) is 11.5. The smallest absolute Gasteiger partial charge is 0.126 e. The molecule has 2 heteroatoms. The average molecular weight is 247 g/mol. The molecule has 18 heavy (non-hydrogen) atoms. The molecule has 0 spiro atoms. The van der Waals surface area contributed by atoms with E-state index < -0.39 is 0 Å². The van der Waals surface area contributed by atoms with Gasteiger partial charge in [-0.25, -0.2) is 0 Å². The Morgan fingerprint density at radius 3 is 2.28 bits per heavy atom. The molecule has 1 fully saturated rings. The van der Waals surface area contributed by atoms with Crippen molar-refractivity contribution in [3.63, 3.8) is 0 Å². The Morgan fingerprint density at radius 2 is 1.78 bits per heavy atom. The number of rotatable bonds is 3. The molecule has 0 heterocycles. The summed E-state index contributed by atoms with van der Waals surface area (Å²) in [6.07, 6.45) is 4.96. The molecule has 0 bridgehead atoms. The van der Waals surface area contributed by atoms with E-state index in [1.165, 1.54) is 47.9 Å². The van der Waals surface area contributed by atoms with Crippen LogP contribution in [0.3, 0.4) is 0 Å². The lowest BCUT2D eigenvalue weighted by atomic mass is 9.75. The van der Waals surface area contributed by atoms with Crippen molar-refractivity contribution in [2.45, 2.75) is 51.9 Å². The van der Waals surface area contributed by atoms with Gasteiger partial charge in [0.05, 0.1) is 7.11 Å². The first-order valence-corrected chi connectivity index (χ1v) is 6.91. The van der Waals surface area contributed by atoms with E-state index in [2.05, 4.69) is 26.8 Å². The maximum absolute atomic E-state index is 6.13. The topological polar surface area (TPSA) is 35.2 Å². The summed E-state index contributed by atoms with van der Waals surface area (Å²) < 4.78 is 5.72. The van der Waals surface area contributed by atoms with Crippen LogP contribution in [0.4, 0.5) is 0 Å². The summed E-state index contributed by atoms with van der Waals surface area (Å²) in [5, 5.41) is 0. The molecule has 1 aromatic carbocycles. The lowest BCUT2D eigenvalue weighted by molar-refractivity contribution is 0.373. The molecule has 0 radical (unpaired) electrons. The highest BCUT2D eigenvalue weighted by Crippen LogP contribution is 2.47. The second-order valence-electron chi connectivity index (χ2n) is 5.74. The van der Waals surface area contributed by atoms with E-state index in [-0.39, 0.29) is 5.41 Å². The molecular formula is C16H25NO. The van der Waals surface area contributed by atoms with Gasteiger partial charge in [-0.2, -0.15) is 0 Å². The molecule has 0 aromatic heterocycles. The quantitative estimate of drug-likeness (QED) is 0.888. The van der Waals surface area contributed by atoms with Crippen LogP contribution >= 0.6 is 0 Å². The highest BCUT2D eigenvalue weighted by atomic mass is 16.5. The molecular weight excluding hydrogens is 222 g/mol. The number of aryl methyl sites for hydroxylation is 2. The molecule has 2 nitrogen and oxygen atoms in total. The summed E-state index contributed by atoms with van der Waals surface area (Å²) in [5.74, 6) is 1.07. The van der Waals surface area contributed by atoms with E-state index in [1.807, 2.05) is 0 Å². The average Bonchev–Trinajstić information content (AvgIpc) is 2.83. The molecule has 100 valence electrons. The molecule has 0 amide bonds. The molecule has 1 aromatic rings. The zero-order chi connectivity index (χ0) is 13.3. The minimum Gasteiger partial charge on any atom is -0.496 e. The van der Waals surface area contributed by atoms with Gasteiger partial charge in [0.1, 0.15) is 5.75 Å². The maximum atomic E-state index is 6.13. The summed E-state index contributed by atoms with van der Waals surface area (Å²) >= 11 is 0. The highest BCUT2D eigenvalue weighted by Gasteiger charge is 2.38. The van der Waals surface area contributed by atoms with Crippen molar-refractivity contribution in [2.24, 2.45) is 5.73 Å². The van der Waals surface area contributed by atoms with Gasteiger partial charge in [0.2, 0.25) is 0 Å². The predicted molar refractivity (Wildman–Crippen MR) is 76.4 cm³/mol. The second-order valence-corrected chi connectivity index (χ2v) is 5.74. The van der Waals surface area contributed by atoms with Gasteiger partial charge in [0.15, 0.2) is 0 Å². The molecule has 1 saturated carbocycles. The third-order valence-electron chi connectivity index (χ3n) is 4.67. The third-order valence-corrected chi connectivity index (χ3v) is 4.67. The van der Waals surface area contributed by atoms with Crippen LogP contribution in [0.15, 0.2) is 6.07 Å². The van der Waals surface area contributed by atoms with Gasteiger partial charge in [0.25, 0.3) is 0 Å². The molecule has 2 rings (SSSR count). The minimum atomic E-state index is 0.147. The van der Waals surface area contributed by atoms with Gasteiger partial charge in [-0.3, -0.25) is 0 Å². The van der Waals surface area contributed by atoms with Gasteiger partial charge in [0, 0.05) is 17.5 Å². The van der Waals surface area contributed by atoms with Crippen LogP contribution < -0.4 is 10.5 Å². The van der Waals surface area contributed by atoms with Crippen molar-refractivity contribution < 1.29 is 4.74 Å². The molecule has 0 saturated heterocycles. The van der Waals surface area contributed by atoms with Crippen LogP contribution in [-0.4, -0.2) is 13.7 Å². The second kappa shape index (κ2) is 4.93. The van der Waals surface area contributed by atoms with Gasteiger partial charge in [-0.05, 0) is 50.3 Å². The fourth-order valence-electron chi connectivity index (χ4n) is 3.57. The minimum absolute atomic E-state index is 0.147. The molecule has 1 aliphatic carbocycles. The molecule has 2 N–H and O–H groups in total. The Labute approximate surface area is 111 Å². The predicted octanol–water partition coefficient (Wildman–Crippen LogP) is 3.39. The summed E-state index contributed by atoms with van der Waals surface area (Å²) in [6.45, 7) is 7.22. The van der Waals surface area contributed by atoms with Crippen LogP contribution in [0.1, 0.15) is 47.9 Å².